The Kier molecular flexibility index (Phi) is 4.83. The maximum atomic E-state index is 12.5. The molecule has 1 N–H and O–H groups in total. The highest BCUT2D eigenvalue weighted by Crippen LogP contribution is 2.17. The Morgan fingerprint density at radius 2 is 2.20 bits per heavy atom. The summed E-state index contributed by atoms with van der Waals surface area (Å²) in [5.41, 5.74) is -1.56. The number of nitrogens with one attached hydrogen (secondary N) is 1. The van der Waals surface area contributed by atoms with Crippen LogP contribution in [-0.4, -0.2) is 25.9 Å². The van der Waals surface area contributed by atoms with Gasteiger partial charge in [-0.25, -0.2) is 4.98 Å². The number of non-ortho nitro benzene ring substituents is 1. The van der Waals surface area contributed by atoms with Gasteiger partial charge in [0.15, 0.2) is 0 Å². The molecule has 2 aromatic rings. The molecule has 0 radical (unpaired) electrons. The molecule has 0 bridgehead atoms. The lowest BCUT2D eigenvalue weighted by molar-refractivity contribution is -0.384. The van der Waals surface area contributed by atoms with Crippen molar-refractivity contribution in [3.05, 3.63) is 45.0 Å². The summed E-state index contributed by atoms with van der Waals surface area (Å²) < 4.78 is 1.06. The molecule has 2 rings (SSSR count). The van der Waals surface area contributed by atoms with E-state index in [1.165, 1.54) is 18.5 Å². The lowest BCUT2D eigenvalue weighted by Crippen LogP contribution is -2.50. The van der Waals surface area contributed by atoms with Gasteiger partial charge in [0.2, 0.25) is 5.91 Å². The first-order chi connectivity index (χ1) is 11.7. The monoisotopic (exact) mass is 343 g/mol. The predicted molar refractivity (Wildman–Crippen MR) is 89.7 cm³/mol. The summed E-state index contributed by atoms with van der Waals surface area (Å²) in [5, 5.41) is 22.7. The number of nitriles is 1. The van der Waals surface area contributed by atoms with Crippen LogP contribution in [0.15, 0.2) is 29.3 Å². The van der Waals surface area contributed by atoms with Crippen LogP contribution in [0.4, 0.5) is 5.69 Å². The first-order valence-electron chi connectivity index (χ1n) is 7.54. The van der Waals surface area contributed by atoms with Crippen LogP contribution in [0.25, 0.3) is 10.9 Å². The quantitative estimate of drug-likeness (QED) is 0.644. The molecule has 0 fully saturated rings. The molecule has 0 aliphatic rings. The molecule has 1 amide bonds. The average Bonchev–Trinajstić information content (AvgIpc) is 2.56. The first-order valence-corrected chi connectivity index (χ1v) is 7.54. The van der Waals surface area contributed by atoms with E-state index in [9.17, 15) is 25.0 Å². The number of aromatic nitrogens is 2. The molecular weight excluding hydrogens is 326 g/mol. The van der Waals surface area contributed by atoms with E-state index in [-0.39, 0.29) is 23.5 Å². The Morgan fingerprint density at radius 1 is 1.52 bits per heavy atom. The molecule has 130 valence electrons. The second-order valence-corrected chi connectivity index (χ2v) is 6.15. The number of nitro benzene ring substituents is 1. The van der Waals surface area contributed by atoms with E-state index >= 15 is 0 Å². The summed E-state index contributed by atoms with van der Waals surface area (Å²) in [7, 11) is 0. The number of nitrogens with zero attached hydrogens (tertiary/aromatic N) is 4. The van der Waals surface area contributed by atoms with Crippen molar-refractivity contribution in [3.63, 3.8) is 0 Å². The number of benzene rings is 1. The van der Waals surface area contributed by atoms with E-state index in [2.05, 4.69) is 10.3 Å². The van der Waals surface area contributed by atoms with Gasteiger partial charge in [-0.2, -0.15) is 5.26 Å². The molecule has 25 heavy (non-hydrogen) atoms. The van der Waals surface area contributed by atoms with Gasteiger partial charge in [-0.1, -0.05) is 13.8 Å². The maximum Gasteiger partial charge on any atom is 0.270 e. The number of carbonyl (C=O) groups excluding carboxylic acids is 1. The summed E-state index contributed by atoms with van der Waals surface area (Å²) >= 11 is 0. The van der Waals surface area contributed by atoms with Gasteiger partial charge in [-0.15, -0.1) is 0 Å². The molecule has 0 aliphatic heterocycles. The van der Waals surface area contributed by atoms with Crippen molar-refractivity contribution in [1.29, 1.82) is 5.26 Å². The number of rotatable bonds is 5. The molecule has 9 nitrogen and oxygen atoms in total. The third-order valence-corrected chi connectivity index (χ3v) is 4.12. The molecule has 0 unspecified atom stereocenters. The maximum absolute atomic E-state index is 12.5. The fraction of sp³-hybridized carbons (Fsp3) is 0.375. The van der Waals surface area contributed by atoms with E-state index in [1.807, 2.05) is 6.07 Å². The molecular formula is C16H17N5O4. The molecule has 0 spiro atoms. The van der Waals surface area contributed by atoms with Crippen molar-refractivity contribution in [1.82, 2.24) is 14.9 Å². The van der Waals surface area contributed by atoms with E-state index < -0.39 is 21.9 Å². The molecule has 0 aliphatic carbocycles. The van der Waals surface area contributed by atoms with Gasteiger partial charge in [0, 0.05) is 12.1 Å². The van der Waals surface area contributed by atoms with Crippen LogP contribution < -0.4 is 10.9 Å². The normalized spacial score (nSPS) is 13.2. The number of fused-ring (bicyclic) bond motifs is 1. The SMILES string of the molecule is CC(C)[C@](C)(C#N)NC(=O)Cn1cnc2ccc([N+](=O)[O-])cc2c1=O. The van der Waals surface area contributed by atoms with Crippen LogP contribution in [0.3, 0.4) is 0 Å². The predicted octanol–water partition coefficient (Wildman–Crippen LogP) is 1.36. The van der Waals surface area contributed by atoms with E-state index in [1.54, 1.807) is 20.8 Å². The van der Waals surface area contributed by atoms with Crippen molar-refractivity contribution in [2.24, 2.45) is 5.92 Å². The summed E-state index contributed by atoms with van der Waals surface area (Å²) in [5.74, 6) is -0.651. The minimum absolute atomic E-state index is 0.0522. The van der Waals surface area contributed by atoms with Crippen molar-refractivity contribution in [2.75, 3.05) is 0 Å². The van der Waals surface area contributed by atoms with Gasteiger partial charge >= 0.3 is 0 Å². The summed E-state index contributed by atoms with van der Waals surface area (Å²) in [6.07, 6.45) is 1.20. The lowest BCUT2D eigenvalue weighted by atomic mass is 9.90. The topological polar surface area (TPSA) is 131 Å². The first kappa shape index (κ1) is 18.1. The van der Waals surface area contributed by atoms with Gasteiger partial charge in [0.05, 0.1) is 28.2 Å². The van der Waals surface area contributed by atoms with E-state index in [0.29, 0.717) is 5.52 Å². The molecule has 0 saturated heterocycles. The smallest absolute Gasteiger partial charge is 0.270 e. The number of hydrogen-bond acceptors (Lipinski definition) is 6. The fourth-order valence-corrected chi connectivity index (χ4v) is 2.16. The van der Waals surface area contributed by atoms with Gasteiger partial charge in [-0.3, -0.25) is 24.3 Å². The Bertz CT molecular complexity index is 944. The minimum atomic E-state index is -1.07. The zero-order valence-corrected chi connectivity index (χ0v) is 14.0. The van der Waals surface area contributed by atoms with Crippen LogP contribution >= 0.6 is 0 Å². The standard InChI is InChI=1S/C16H17N5O4/c1-10(2)16(3,8-17)19-14(22)7-20-9-18-13-5-4-11(21(24)25)6-12(13)15(20)23/h4-6,9-10H,7H2,1-3H3,(H,19,22)/t16-/m0/s1. The second kappa shape index (κ2) is 6.68. The number of amides is 1. The van der Waals surface area contributed by atoms with Gasteiger partial charge in [-0.05, 0) is 18.9 Å². The third kappa shape index (κ3) is 3.63. The fourth-order valence-electron chi connectivity index (χ4n) is 2.16. The second-order valence-electron chi connectivity index (χ2n) is 6.15. The summed E-state index contributed by atoms with van der Waals surface area (Å²) in [6.45, 7) is 4.85. The lowest BCUT2D eigenvalue weighted by Gasteiger charge is -2.27. The van der Waals surface area contributed by atoms with E-state index in [0.717, 1.165) is 10.6 Å². The largest absolute Gasteiger partial charge is 0.336 e. The van der Waals surface area contributed by atoms with Crippen LogP contribution in [0.5, 0.6) is 0 Å². The zero-order chi connectivity index (χ0) is 18.8. The molecule has 1 aromatic heterocycles. The van der Waals surface area contributed by atoms with Crippen molar-refractivity contribution < 1.29 is 9.72 Å². The minimum Gasteiger partial charge on any atom is -0.336 e. The summed E-state index contributed by atoms with van der Waals surface area (Å²) in [4.78, 5) is 38.9. The van der Waals surface area contributed by atoms with Crippen LogP contribution in [0.2, 0.25) is 0 Å². The van der Waals surface area contributed by atoms with Crippen LogP contribution in [0.1, 0.15) is 20.8 Å². The Labute approximate surface area is 143 Å². The summed E-state index contributed by atoms with van der Waals surface area (Å²) in [6, 6.07) is 5.82. The van der Waals surface area contributed by atoms with Crippen molar-refractivity contribution in [2.45, 2.75) is 32.9 Å². The highest BCUT2D eigenvalue weighted by molar-refractivity contribution is 5.81. The van der Waals surface area contributed by atoms with Crippen LogP contribution in [0, 0.1) is 27.4 Å². The Hall–Kier alpha value is -3.28. The average molecular weight is 343 g/mol. The molecule has 1 aromatic carbocycles. The molecule has 1 heterocycles. The Balaban J connectivity index is 2.34. The van der Waals surface area contributed by atoms with Gasteiger partial charge < -0.3 is 5.32 Å². The molecule has 1 atom stereocenters. The highest BCUT2D eigenvalue weighted by atomic mass is 16.6. The van der Waals surface area contributed by atoms with Crippen molar-refractivity contribution >= 4 is 22.5 Å². The van der Waals surface area contributed by atoms with Crippen LogP contribution in [-0.2, 0) is 11.3 Å². The Morgan fingerprint density at radius 3 is 2.76 bits per heavy atom. The van der Waals surface area contributed by atoms with Gasteiger partial charge in [0.1, 0.15) is 12.1 Å². The molecule has 0 saturated carbocycles. The van der Waals surface area contributed by atoms with Crippen molar-refractivity contribution in [3.8, 4) is 6.07 Å². The van der Waals surface area contributed by atoms with E-state index in [4.69, 9.17) is 0 Å². The number of nitro groups is 1. The third-order valence-electron chi connectivity index (χ3n) is 4.12. The number of hydrogen-bond donors (Lipinski definition) is 1. The zero-order valence-electron chi connectivity index (χ0n) is 14.0. The number of carbonyl (C=O) groups is 1. The van der Waals surface area contributed by atoms with Gasteiger partial charge in [0.25, 0.3) is 11.2 Å². The highest BCUT2D eigenvalue weighted by Gasteiger charge is 2.30. The molecule has 9 heteroatoms.